The molecule has 9 heteroatoms. The molecule has 210 valence electrons. The van der Waals surface area contributed by atoms with E-state index in [1.807, 2.05) is 42.5 Å². The number of fused-ring (bicyclic) bond motifs is 1. The lowest BCUT2D eigenvalue weighted by Gasteiger charge is -2.16. The summed E-state index contributed by atoms with van der Waals surface area (Å²) in [5.41, 5.74) is 3.11. The molecule has 0 N–H and O–H groups in total. The molecule has 2 aromatic heterocycles. The van der Waals surface area contributed by atoms with Gasteiger partial charge in [0.05, 0.1) is 18.8 Å². The minimum absolute atomic E-state index is 0.0470. The molecule has 0 saturated heterocycles. The van der Waals surface area contributed by atoms with E-state index in [0.717, 1.165) is 9.54 Å². The van der Waals surface area contributed by atoms with Crippen molar-refractivity contribution >= 4 is 26.9 Å². The highest BCUT2D eigenvalue weighted by atomic mass is 32.2. The first-order valence-electron chi connectivity index (χ1n) is 13.2. The molecule has 0 atom stereocenters. The fourth-order valence-corrected chi connectivity index (χ4v) is 6.22. The number of rotatable bonds is 10. The first kappa shape index (κ1) is 27.9. The van der Waals surface area contributed by atoms with E-state index < -0.39 is 15.6 Å². The van der Waals surface area contributed by atoms with E-state index in [2.05, 4.69) is 0 Å². The first-order chi connectivity index (χ1) is 19.8. The molecule has 3 aromatic carbocycles. The number of carbonyl (C=O) groups excluding carboxylic acids is 1. The van der Waals surface area contributed by atoms with Gasteiger partial charge in [0, 0.05) is 36.0 Å². The van der Waals surface area contributed by atoms with Gasteiger partial charge in [0.2, 0.25) is 10.0 Å². The molecule has 0 aliphatic carbocycles. The number of ether oxygens (including phenoxy) is 2. The molecule has 0 bridgehead atoms. The Morgan fingerprint density at radius 1 is 0.854 bits per heavy atom. The van der Waals surface area contributed by atoms with Gasteiger partial charge in [0.15, 0.2) is 0 Å². The Morgan fingerprint density at radius 2 is 1.54 bits per heavy atom. The van der Waals surface area contributed by atoms with Crippen LogP contribution in [0.25, 0.3) is 22.0 Å². The van der Waals surface area contributed by atoms with Gasteiger partial charge in [-0.1, -0.05) is 66.7 Å². The lowest BCUT2D eigenvalue weighted by molar-refractivity contribution is -0.142. The molecule has 2 heterocycles. The van der Waals surface area contributed by atoms with Crippen molar-refractivity contribution in [2.75, 3.05) is 6.61 Å². The Kier molecular flexibility index (Phi) is 8.07. The third-order valence-corrected chi connectivity index (χ3v) is 8.31. The summed E-state index contributed by atoms with van der Waals surface area (Å²) in [7, 11) is -2.33. The van der Waals surface area contributed by atoms with Crippen LogP contribution >= 0.6 is 0 Å². The van der Waals surface area contributed by atoms with Crippen molar-refractivity contribution in [3.8, 4) is 16.9 Å². The van der Waals surface area contributed by atoms with E-state index in [4.69, 9.17) is 9.47 Å². The van der Waals surface area contributed by atoms with Crippen molar-refractivity contribution in [1.29, 1.82) is 0 Å². The fourth-order valence-electron chi connectivity index (χ4n) is 4.77. The van der Waals surface area contributed by atoms with Gasteiger partial charge in [0.25, 0.3) is 5.56 Å². The summed E-state index contributed by atoms with van der Waals surface area (Å²) < 4.78 is 40.8. The lowest BCUT2D eigenvalue weighted by Crippen LogP contribution is -2.23. The van der Waals surface area contributed by atoms with Crippen LogP contribution in [0.1, 0.15) is 23.6 Å². The minimum atomic E-state index is -3.91. The number of aromatic nitrogens is 2. The third-order valence-electron chi connectivity index (χ3n) is 6.70. The fraction of sp³-hybridized carbons (Fsp3) is 0.188. The predicted molar refractivity (Wildman–Crippen MR) is 158 cm³/mol. The Bertz CT molecular complexity index is 1860. The maximum absolute atomic E-state index is 13.5. The second kappa shape index (κ2) is 11.9. The molecule has 0 aliphatic rings. The molecule has 8 nitrogen and oxygen atoms in total. The average molecular weight is 571 g/mol. The Balaban J connectivity index is 1.64. The van der Waals surface area contributed by atoms with Gasteiger partial charge >= 0.3 is 5.97 Å². The zero-order chi connectivity index (χ0) is 29.0. The van der Waals surface area contributed by atoms with Crippen LogP contribution in [0.4, 0.5) is 0 Å². The standard InChI is InChI=1S/C32H30N2O6S/c1-3-39-30(35)19-25-14-15-29(40-21-23-10-6-4-7-11-23)27(18-25)28-20-33(2)32(36)31-26(28)16-17-34(31)41(37,38)22-24-12-8-5-9-13-24/h4-18,20H,3,19,21-22H2,1-2H3. The molecular weight excluding hydrogens is 540 g/mol. The molecule has 0 spiro atoms. The predicted octanol–water partition coefficient (Wildman–Crippen LogP) is 5.07. The summed E-state index contributed by atoms with van der Waals surface area (Å²) in [5.74, 6) is -0.0904. The second-order valence-electron chi connectivity index (χ2n) is 9.66. The number of nitrogens with zero attached hydrogens (tertiary/aromatic N) is 2. The van der Waals surface area contributed by atoms with E-state index >= 15 is 0 Å². The van der Waals surface area contributed by atoms with Crippen molar-refractivity contribution < 1.29 is 22.7 Å². The summed E-state index contributed by atoms with van der Waals surface area (Å²) in [6, 6.07) is 25.6. The van der Waals surface area contributed by atoms with Gasteiger partial charge in [-0.05, 0) is 41.8 Å². The highest BCUT2D eigenvalue weighted by Crippen LogP contribution is 2.36. The smallest absolute Gasteiger partial charge is 0.310 e. The molecule has 0 unspecified atom stereocenters. The summed E-state index contributed by atoms with van der Waals surface area (Å²) in [5, 5.41) is 0.461. The maximum Gasteiger partial charge on any atom is 0.310 e. The van der Waals surface area contributed by atoms with Gasteiger partial charge in [-0.25, -0.2) is 12.4 Å². The topological polar surface area (TPSA) is 96.6 Å². The van der Waals surface area contributed by atoms with Crippen molar-refractivity contribution in [2.45, 2.75) is 25.7 Å². The van der Waals surface area contributed by atoms with Crippen molar-refractivity contribution in [3.63, 3.8) is 0 Å². The number of pyridine rings is 1. The van der Waals surface area contributed by atoms with Crippen LogP contribution in [-0.2, 0) is 45.4 Å². The van der Waals surface area contributed by atoms with Crippen LogP contribution in [0.5, 0.6) is 5.75 Å². The highest BCUT2D eigenvalue weighted by molar-refractivity contribution is 7.89. The molecule has 0 saturated carbocycles. The normalized spacial score (nSPS) is 11.5. The van der Waals surface area contributed by atoms with E-state index in [-0.39, 0.29) is 30.3 Å². The quantitative estimate of drug-likeness (QED) is 0.218. The first-order valence-corrected chi connectivity index (χ1v) is 14.8. The molecular formula is C32H30N2O6S. The largest absolute Gasteiger partial charge is 0.488 e. The lowest BCUT2D eigenvalue weighted by atomic mass is 9.99. The Hall–Kier alpha value is -4.63. The zero-order valence-corrected chi connectivity index (χ0v) is 23.6. The van der Waals surface area contributed by atoms with Crippen molar-refractivity contribution in [3.05, 3.63) is 124 Å². The van der Waals surface area contributed by atoms with Gasteiger partial charge < -0.3 is 14.0 Å². The van der Waals surface area contributed by atoms with Crippen molar-refractivity contribution in [2.24, 2.45) is 7.05 Å². The van der Waals surface area contributed by atoms with Gasteiger partial charge in [-0.3, -0.25) is 9.59 Å². The van der Waals surface area contributed by atoms with E-state index in [1.165, 1.54) is 10.8 Å². The van der Waals surface area contributed by atoms with Gasteiger partial charge in [-0.2, -0.15) is 0 Å². The summed E-state index contributed by atoms with van der Waals surface area (Å²) in [6.07, 6.45) is 3.14. The molecule has 0 aliphatic heterocycles. The molecule has 0 fully saturated rings. The minimum Gasteiger partial charge on any atom is -0.488 e. The zero-order valence-electron chi connectivity index (χ0n) is 22.8. The monoisotopic (exact) mass is 570 g/mol. The van der Waals surface area contributed by atoms with E-state index in [1.54, 1.807) is 62.6 Å². The van der Waals surface area contributed by atoms with Crippen molar-refractivity contribution in [1.82, 2.24) is 8.54 Å². The Morgan fingerprint density at radius 3 is 2.22 bits per heavy atom. The van der Waals surface area contributed by atoms with Crippen LogP contribution in [0.3, 0.4) is 0 Å². The number of hydrogen-bond donors (Lipinski definition) is 0. The summed E-state index contributed by atoms with van der Waals surface area (Å²) in [4.78, 5) is 25.6. The number of carbonyl (C=O) groups is 1. The third kappa shape index (κ3) is 6.10. The molecule has 41 heavy (non-hydrogen) atoms. The SMILES string of the molecule is CCOC(=O)Cc1ccc(OCc2ccccc2)c(-c2cn(C)c(=O)c3c2ccn3S(=O)(=O)Cc2ccccc2)c1. The summed E-state index contributed by atoms with van der Waals surface area (Å²) >= 11 is 0. The second-order valence-corrected chi connectivity index (χ2v) is 11.5. The number of esters is 1. The Labute approximate surface area is 238 Å². The number of aryl methyl sites for hydroxylation is 1. The van der Waals surface area contributed by atoms with Crippen LogP contribution in [0, 0.1) is 0 Å². The van der Waals surface area contributed by atoms with Crippen LogP contribution in [0.15, 0.2) is 102 Å². The van der Waals surface area contributed by atoms with Crippen LogP contribution in [-0.4, -0.2) is 29.5 Å². The summed E-state index contributed by atoms with van der Waals surface area (Å²) in [6.45, 7) is 2.32. The van der Waals surface area contributed by atoms with E-state index in [0.29, 0.717) is 40.0 Å². The van der Waals surface area contributed by atoms with Crippen LogP contribution < -0.4 is 10.3 Å². The van der Waals surface area contributed by atoms with E-state index in [9.17, 15) is 18.0 Å². The molecule has 0 radical (unpaired) electrons. The average Bonchev–Trinajstić information content (AvgIpc) is 3.42. The maximum atomic E-state index is 13.5. The number of benzene rings is 3. The molecule has 0 amide bonds. The van der Waals surface area contributed by atoms with Crippen LogP contribution in [0.2, 0.25) is 0 Å². The molecule has 5 rings (SSSR count). The van der Waals surface area contributed by atoms with Gasteiger partial charge in [0.1, 0.15) is 17.9 Å². The van der Waals surface area contributed by atoms with Gasteiger partial charge in [-0.15, -0.1) is 0 Å². The molecule has 5 aromatic rings. The highest BCUT2D eigenvalue weighted by Gasteiger charge is 2.23. The number of hydrogen-bond acceptors (Lipinski definition) is 6.